The number of halogens is 1. The highest BCUT2D eigenvalue weighted by Crippen LogP contribution is 2.20. The Balaban J connectivity index is 1.89. The number of nitrogens with two attached hydrogens (primary N) is 1. The van der Waals surface area contributed by atoms with Gasteiger partial charge in [0.25, 0.3) is 0 Å². The normalized spacial score (nSPS) is 11.9. The van der Waals surface area contributed by atoms with Crippen molar-refractivity contribution in [3.05, 3.63) is 59.9 Å². The van der Waals surface area contributed by atoms with Crippen LogP contribution in [0.25, 0.3) is 0 Å². The molecule has 1 amide bonds. The van der Waals surface area contributed by atoms with E-state index >= 15 is 0 Å². The SMILES string of the molecule is CC(OCC(=O)Nc1cc(F)ccc1N)c1ccccc1. The van der Waals surface area contributed by atoms with Gasteiger partial charge in [-0.15, -0.1) is 0 Å². The predicted molar refractivity (Wildman–Crippen MR) is 80.3 cm³/mol. The molecule has 1 unspecified atom stereocenters. The van der Waals surface area contributed by atoms with E-state index in [9.17, 15) is 9.18 Å². The van der Waals surface area contributed by atoms with Gasteiger partial charge in [-0.1, -0.05) is 30.3 Å². The van der Waals surface area contributed by atoms with Crippen molar-refractivity contribution < 1.29 is 13.9 Å². The number of rotatable bonds is 5. The van der Waals surface area contributed by atoms with Gasteiger partial charge in [-0.2, -0.15) is 0 Å². The van der Waals surface area contributed by atoms with Crippen LogP contribution in [0.4, 0.5) is 15.8 Å². The molecule has 0 bridgehead atoms. The van der Waals surface area contributed by atoms with E-state index in [0.29, 0.717) is 5.69 Å². The summed E-state index contributed by atoms with van der Waals surface area (Å²) in [6.07, 6.45) is -0.207. The van der Waals surface area contributed by atoms with E-state index in [2.05, 4.69) is 5.32 Å². The lowest BCUT2D eigenvalue weighted by Crippen LogP contribution is -2.20. The lowest BCUT2D eigenvalue weighted by atomic mass is 10.1. The third-order valence-corrected chi connectivity index (χ3v) is 3.02. The largest absolute Gasteiger partial charge is 0.397 e. The zero-order valence-electron chi connectivity index (χ0n) is 11.7. The fraction of sp³-hybridized carbons (Fsp3) is 0.188. The fourth-order valence-electron chi connectivity index (χ4n) is 1.84. The molecule has 3 N–H and O–H groups in total. The van der Waals surface area contributed by atoms with Crippen molar-refractivity contribution >= 4 is 17.3 Å². The molecular weight excluding hydrogens is 271 g/mol. The summed E-state index contributed by atoms with van der Waals surface area (Å²) in [7, 11) is 0. The molecule has 0 fully saturated rings. The third kappa shape index (κ3) is 4.29. The monoisotopic (exact) mass is 288 g/mol. The van der Waals surface area contributed by atoms with Crippen molar-refractivity contribution in [2.75, 3.05) is 17.7 Å². The summed E-state index contributed by atoms with van der Waals surface area (Å²) in [6.45, 7) is 1.73. The first-order chi connectivity index (χ1) is 10.1. The van der Waals surface area contributed by atoms with Crippen LogP contribution >= 0.6 is 0 Å². The van der Waals surface area contributed by atoms with Crippen LogP contribution in [-0.4, -0.2) is 12.5 Å². The maximum absolute atomic E-state index is 13.1. The van der Waals surface area contributed by atoms with Gasteiger partial charge in [-0.25, -0.2) is 4.39 Å². The van der Waals surface area contributed by atoms with E-state index in [4.69, 9.17) is 10.5 Å². The summed E-state index contributed by atoms with van der Waals surface area (Å²) in [4.78, 5) is 11.8. The van der Waals surface area contributed by atoms with Crippen LogP contribution in [0.2, 0.25) is 0 Å². The van der Waals surface area contributed by atoms with Gasteiger partial charge < -0.3 is 15.8 Å². The van der Waals surface area contributed by atoms with Crippen molar-refractivity contribution in [3.63, 3.8) is 0 Å². The summed E-state index contributed by atoms with van der Waals surface area (Å²) in [5.74, 6) is -0.840. The van der Waals surface area contributed by atoms with E-state index in [1.54, 1.807) is 0 Å². The number of carbonyl (C=O) groups is 1. The zero-order chi connectivity index (χ0) is 15.2. The number of anilines is 2. The van der Waals surface area contributed by atoms with Gasteiger partial charge in [-0.3, -0.25) is 4.79 Å². The molecule has 0 saturated heterocycles. The standard InChI is InChI=1S/C16H17FN2O2/c1-11(12-5-3-2-4-6-12)21-10-16(20)19-15-9-13(17)7-8-14(15)18/h2-9,11H,10,18H2,1H3,(H,19,20). The average molecular weight is 288 g/mol. The Kier molecular flexibility index (Phi) is 4.90. The topological polar surface area (TPSA) is 64.3 Å². The number of nitrogen functional groups attached to an aromatic ring is 1. The summed E-state index contributed by atoms with van der Waals surface area (Å²) in [5.41, 5.74) is 7.20. The van der Waals surface area contributed by atoms with Crippen molar-refractivity contribution in [2.45, 2.75) is 13.0 Å². The molecule has 0 saturated carbocycles. The van der Waals surface area contributed by atoms with Crippen LogP contribution in [-0.2, 0) is 9.53 Å². The molecule has 5 heteroatoms. The number of benzene rings is 2. The summed E-state index contributed by atoms with van der Waals surface area (Å²) in [5, 5.41) is 2.53. The van der Waals surface area contributed by atoms with Gasteiger partial charge in [0.05, 0.1) is 17.5 Å². The smallest absolute Gasteiger partial charge is 0.250 e. The number of hydrogen-bond acceptors (Lipinski definition) is 3. The van der Waals surface area contributed by atoms with E-state index in [-0.39, 0.29) is 24.3 Å². The summed E-state index contributed by atoms with van der Waals surface area (Å²) < 4.78 is 18.6. The maximum Gasteiger partial charge on any atom is 0.250 e. The fourth-order valence-corrected chi connectivity index (χ4v) is 1.84. The second kappa shape index (κ2) is 6.85. The Morgan fingerprint density at radius 2 is 2.00 bits per heavy atom. The quantitative estimate of drug-likeness (QED) is 0.831. The van der Waals surface area contributed by atoms with Gasteiger partial charge in [0.2, 0.25) is 5.91 Å². The van der Waals surface area contributed by atoms with Crippen molar-refractivity contribution in [2.24, 2.45) is 0 Å². The van der Waals surface area contributed by atoms with Crippen LogP contribution in [0.3, 0.4) is 0 Å². The molecule has 0 aliphatic heterocycles. The van der Waals surface area contributed by atoms with E-state index in [0.717, 1.165) is 5.56 Å². The Hall–Kier alpha value is -2.40. The van der Waals surface area contributed by atoms with Crippen LogP contribution in [0, 0.1) is 5.82 Å². The van der Waals surface area contributed by atoms with Crippen LogP contribution < -0.4 is 11.1 Å². The molecule has 0 spiro atoms. The maximum atomic E-state index is 13.1. The minimum Gasteiger partial charge on any atom is -0.397 e. The number of amides is 1. The van der Waals surface area contributed by atoms with Crippen LogP contribution in [0.5, 0.6) is 0 Å². The second-order valence-corrected chi connectivity index (χ2v) is 4.64. The van der Waals surface area contributed by atoms with Gasteiger partial charge in [0.1, 0.15) is 12.4 Å². The van der Waals surface area contributed by atoms with Crippen LogP contribution in [0.1, 0.15) is 18.6 Å². The molecule has 2 rings (SSSR count). The van der Waals surface area contributed by atoms with Crippen molar-refractivity contribution in [3.8, 4) is 0 Å². The van der Waals surface area contributed by atoms with E-state index in [1.165, 1.54) is 18.2 Å². The number of hydrogen-bond donors (Lipinski definition) is 2. The summed E-state index contributed by atoms with van der Waals surface area (Å²) >= 11 is 0. The Bertz CT molecular complexity index is 617. The van der Waals surface area contributed by atoms with Crippen molar-refractivity contribution in [1.82, 2.24) is 0 Å². The molecule has 0 aromatic heterocycles. The Morgan fingerprint density at radius 1 is 1.29 bits per heavy atom. The Labute approximate surface area is 122 Å². The molecule has 1 atom stereocenters. The van der Waals surface area contributed by atoms with Gasteiger partial charge >= 0.3 is 0 Å². The Morgan fingerprint density at radius 3 is 2.71 bits per heavy atom. The first kappa shape index (κ1) is 15.0. The lowest BCUT2D eigenvalue weighted by Gasteiger charge is -2.14. The average Bonchev–Trinajstić information content (AvgIpc) is 2.49. The van der Waals surface area contributed by atoms with Gasteiger partial charge in [0, 0.05) is 0 Å². The van der Waals surface area contributed by atoms with Gasteiger partial charge in [-0.05, 0) is 30.7 Å². The molecule has 2 aromatic carbocycles. The molecule has 2 aromatic rings. The van der Waals surface area contributed by atoms with E-state index < -0.39 is 5.82 Å². The number of ether oxygens (including phenoxy) is 1. The second-order valence-electron chi connectivity index (χ2n) is 4.64. The van der Waals surface area contributed by atoms with Crippen molar-refractivity contribution in [1.29, 1.82) is 0 Å². The first-order valence-corrected chi connectivity index (χ1v) is 6.57. The predicted octanol–water partition coefficient (Wildman–Crippen LogP) is 3.12. The first-order valence-electron chi connectivity index (χ1n) is 6.57. The minimum absolute atomic E-state index is 0.133. The third-order valence-electron chi connectivity index (χ3n) is 3.02. The molecule has 0 aliphatic rings. The molecule has 0 heterocycles. The molecule has 110 valence electrons. The lowest BCUT2D eigenvalue weighted by molar-refractivity contribution is -0.122. The minimum atomic E-state index is -0.460. The number of nitrogens with one attached hydrogen (secondary N) is 1. The molecule has 0 radical (unpaired) electrons. The van der Waals surface area contributed by atoms with Gasteiger partial charge in [0.15, 0.2) is 0 Å². The van der Waals surface area contributed by atoms with E-state index in [1.807, 2.05) is 37.3 Å². The van der Waals surface area contributed by atoms with Crippen LogP contribution in [0.15, 0.2) is 48.5 Å². The highest BCUT2D eigenvalue weighted by Gasteiger charge is 2.10. The number of carbonyl (C=O) groups excluding carboxylic acids is 1. The zero-order valence-corrected chi connectivity index (χ0v) is 11.7. The summed E-state index contributed by atoms with van der Waals surface area (Å²) in [6, 6.07) is 13.4. The molecule has 4 nitrogen and oxygen atoms in total. The molecule has 0 aliphatic carbocycles. The molecule has 21 heavy (non-hydrogen) atoms. The highest BCUT2D eigenvalue weighted by molar-refractivity contribution is 5.94. The molecular formula is C16H17FN2O2. The highest BCUT2D eigenvalue weighted by atomic mass is 19.1.